The van der Waals surface area contributed by atoms with Gasteiger partial charge in [-0.3, -0.25) is 9.59 Å². The maximum absolute atomic E-state index is 10.1. The fraction of sp³-hybridized carbons (Fsp3) is 0.429. The first-order valence-corrected chi connectivity index (χ1v) is 3.37. The SMILES string of the molecule is C=C(CC(=O)O)NCCC(=O)O. The van der Waals surface area contributed by atoms with Gasteiger partial charge < -0.3 is 15.5 Å². The van der Waals surface area contributed by atoms with E-state index < -0.39 is 11.9 Å². The van der Waals surface area contributed by atoms with Crippen molar-refractivity contribution in [2.45, 2.75) is 12.8 Å². The summed E-state index contributed by atoms with van der Waals surface area (Å²) in [6.45, 7) is 3.62. The highest BCUT2D eigenvalue weighted by Crippen LogP contribution is 1.92. The average molecular weight is 173 g/mol. The lowest BCUT2D eigenvalue weighted by molar-refractivity contribution is -0.137. The van der Waals surface area contributed by atoms with Gasteiger partial charge in [0.1, 0.15) is 0 Å². The Morgan fingerprint density at radius 2 is 1.83 bits per heavy atom. The van der Waals surface area contributed by atoms with Crippen molar-refractivity contribution in [2.75, 3.05) is 6.54 Å². The summed E-state index contributed by atoms with van der Waals surface area (Å²) >= 11 is 0. The van der Waals surface area contributed by atoms with Gasteiger partial charge in [0.15, 0.2) is 0 Å². The van der Waals surface area contributed by atoms with Gasteiger partial charge in [-0.05, 0) is 0 Å². The van der Waals surface area contributed by atoms with E-state index in [9.17, 15) is 9.59 Å². The molecule has 0 unspecified atom stereocenters. The van der Waals surface area contributed by atoms with Crippen LogP contribution >= 0.6 is 0 Å². The van der Waals surface area contributed by atoms with Crippen molar-refractivity contribution in [3.63, 3.8) is 0 Å². The first kappa shape index (κ1) is 10.5. The number of carboxylic acid groups (broad SMARTS) is 2. The van der Waals surface area contributed by atoms with E-state index in [0.717, 1.165) is 0 Å². The highest BCUT2D eigenvalue weighted by molar-refractivity contribution is 5.69. The van der Waals surface area contributed by atoms with Gasteiger partial charge in [-0.2, -0.15) is 0 Å². The molecule has 0 atom stereocenters. The molecule has 0 fully saturated rings. The molecule has 0 aliphatic heterocycles. The Labute approximate surface area is 69.7 Å². The van der Waals surface area contributed by atoms with E-state index >= 15 is 0 Å². The minimum atomic E-state index is -0.983. The van der Waals surface area contributed by atoms with Crippen LogP contribution in [0.15, 0.2) is 12.3 Å². The number of carboxylic acids is 2. The van der Waals surface area contributed by atoms with Gasteiger partial charge in [0.25, 0.3) is 0 Å². The molecule has 0 saturated carbocycles. The van der Waals surface area contributed by atoms with Crippen LogP contribution in [0.25, 0.3) is 0 Å². The molecule has 0 aromatic heterocycles. The summed E-state index contributed by atoms with van der Waals surface area (Å²) < 4.78 is 0. The topological polar surface area (TPSA) is 86.6 Å². The van der Waals surface area contributed by atoms with Gasteiger partial charge in [0.05, 0.1) is 12.8 Å². The van der Waals surface area contributed by atoms with E-state index in [1.165, 1.54) is 0 Å². The van der Waals surface area contributed by atoms with Crippen LogP contribution in [0.1, 0.15) is 12.8 Å². The van der Waals surface area contributed by atoms with Crippen molar-refractivity contribution in [1.29, 1.82) is 0 Å². The van der Waals surface area contributed by atoms with Crippen molar-refractivity contribution < 1.29 is 19.8 Å². The number of hydrogen-bond donors (Lipinski definition) is 3. The molecule has 0 spiro atoms. The molecule has 5 heteroatoms. The smallest absolute Gasteiger partial charge is 0.309 e. The Kier molecular flexibility index (Phi) is 4.52. The molecule has 12 heavy (non-hydrogen) atoms. The second-order valence-corrected chi connectivity index (χ2v) is 2.24. The Bertz CT molecular complexity index is 200. The minimum Gasteiger partial charge on any atom is -0.481 e. The maximum Gasteiger partial charge on any atom is 0.309 e. The van der Waals surface area contributed by atoms with Gasteiger partial charge in [-0.15, -0.1) is 0 Å². The molecule has 0 aromatic rings. The minimum absolute atomic E-state index is 0.0430. The Morgan fingerprint density at radius 1 is 1.25 bits per heavy atom. The first-order chi connectivity index (χ1) is 5.52. The van der Waals surface area contributed by atoms with Gasteiger partial charge in [-0.1, -0.05) is 6.58 Å². The van der Waals surface area contributed by atoms with E-state index in [2.05, 4.69) is 11.9 Å². The Hall–Kier alpha value is -1.52. The van der Waals surface area contributed by atoms with Crippen LogP contribution < -0.4 is 5.32 Å². The number of hydrogen-bond acceptors (Lipinski definition) is 3. The predicted octanol–water partition coefficient (Wildman–Crippen LogP) is 0.0391. The summed E-state index contributed by atoms with van der Waals surface area (Å²) in [5.74, 6) is -1.91. The normalized spacial score (nSPS) is 9.00. The van der Waals surface area contributed by atoms with E-state index in [4.69, 9.17) is 10.2 Å². The van der Waals surface area contributed by atoms with Crippen molar-refractivity contribution in [2.24, 2.45) is 0 Å². The molecule has 5 nitrogen and oxygen atoms in total. The first-order valence-electron chi connectivity index (χ1n) is 3.37. The largest absolute Gasteiger partial charge is 0.481 e. The quantitative estimate of drug-likeness (QED) is 0.528. The lowest BCUT2D eigenvalue weighted by Gasteiger charge is -2.04. The lowest BCUT2D eigenvalue weighted by atomic mass is 10.3. The standard InChI is InChI=1S/C7H11NO4/c1-5(4-7(11)12)8-3-2-6(9)10/h8H,1-4H2,(H,9,10)(H,11,12). The average Bonchev–Trinajstić information content (AvgIpc) is 1.84. The van der Waals surface area contributed by atoms with Crippen molar-refractivity contribution in [3.8, 4) is 0 Å². The molecule has 68 valence electrons. The molecule has 0 bridgehead atoms. The van der Waals surface area contributed by atoms with Crippen LogP contribution in [-0.2, 0) is 9.59 Å². The van der Waals surface area contributed by atoms with E-state index in [1.807, 2.05) is 0 Å². The molecule has 0 heterocycles. The van der Waals surface area contributed by atoms with Crippen molar-refractivity contribution in [3.05, 3.63) is 12.3 Å². The van der Waals surface area contributed by atoms with Crippen molar-refractivity contribution >= 4 is 11.9 Å². The summed E-state index contributed by atoms with van der Waals surface area (Å²) in [6.07, 6.45) is -0.224. The number of nitrogens with one attached hydrogen (secondary N) is 1. The summed E-state index contributed by atoms with van der Waals surface area (Å²) in [4.78, 5) is 20.1. The molecule has 0 radical (unpaired) electrons. The molecule has 0 aromatic carbocycles. The predicted molar refractivity (Wildman–Crippen MR) is 41.6 cm³/mol. The number of carbonyl (C=O) groups is 2. The zero-order valence-corrected chi connectivity index (χ0v) is 6.54. The van der Waals surface area contributed by atoms with Gasteiger partial charge in [0, 0.05) is 12.2 Å². The second kappa shape index (κ2) is 5.17. The van der Waals surface area contributed by atoms with Gasteiger partial charge in [-0.25, -0.2) is 0 Å². The van der Waals surface area contributed by atoms with Gasteiger partial charge in [0.2, 0.25) is 0 Å². The Balaban J connectivity index is 3.44. The van der Waals surface area contributed by atoms with Crippen LogP contribution in [0.5, 0.6) is 0 Å². The Morgan fingerprint density at radius 3 is 2.25 bits per heavy atom. The molecular formula is C7H11NO4. The summed E-state index contributed by atoms with van der Waals surface area (Å²) in [5, 5.41) is 19.1. The molecule has 0 aliphatic carbocycles. The molecular weight excluding hydrogens is 162 g/mol. The monoisotopic (exact) mass is 173 g/mol. The zero-order chi connectivity index (χ0) is 9.56. The van der Waals surface area contributed by atoms with Crippen LogP contribution in [0.3, 0.4) is 0 Å². The fourth-order valence-corrected chi connectivity index (χ4v) is 0.591. The fourth-order valence-electron chi connectivity index (χ4n) is 0.591. The highest BCUT2D eigenvalue weighted by atomic mass is 16.4. The second-order valence-electron chi connectivity index (χ2n) is 2.24. The maximum atomic E-state index is 10.1. The molecule has 3 N–H and O–H groups in total. The third-order valence-corrected chi connectivity index (χ3v) is 1.08. The number of rotatable bonds is 6. The molecule has 0 amide bonds. The summed E-state index contributed by atoms with van der Waals surface area (Å²) in [6, 6.07) is 0. The van der Waals surface area contributed by atoms with E-state index in [0.29, 0.717) is 5.70 Å². The third-order valence-electron chi connectivity index (χ3n) is 1.08. The van der Waals surface area contributed by atoms with Crippen molar-refractivity contribution in [1.82, 2.24) is 5.32 Å². The van der Waals surface area contributed by atoms with Gasteiger partial charge >= 0.3 is 11.9 Å². The summed E-state index contributed by atoms with van der Waals surface area (Å²) in [5.41, 5.74) is 0.323. The molecule has 0 rings (SSSR count). The van der Waals surface area contributed by atoms with Crippen LogP contribution in [0, 0.1) is 0 Å². The van der Waals surface area contributed by atoms with E-state index in [-0.39, 0.29) is 19.4 Å². The van der Waals surface area contributed by atoms with Crippen LogP contribution in [0.4, 0.5) is 0 Å². The third kappa shape index (κ3) is 6.60. The zero-order valence-electron chi connectivity index (χ0n) is 6.54. The lowest BCUT2D eigenvalue weighted by Crippen LogP contribution is -2.18. The number of aliphatic carboxylic acids is 2. The summed E-state index contributed by atoms with van der Waals surface area (Å²) in [7, 11) is 0. The van der Waals surface area contributed by atoms with Crippen LogP contribution in [0.2, 0.25) is 0 Å². The van der Waals surface area contributed by atoms with Crippen LogP contribution in [-0.4, -0.2) is 28.7 Å². The molecule has 0 saturated heterocycles. The molecule has 0 aliphatic rings. The van der Waals surface area contributed by atoms with E-state index in [1.54, 1.807) is 0 Å². The highest BCUT2D eigenvalue weighted by Gasteiger charge is 2.01.